The minimum Gasteiger partial charge on any atom is -0.329 e. The number of aromatic nitrogens is 3. The molecule has 0 radical (unpaired) electrons. The molecule has 1 aromatic carbocycles. The first-order valence-corrected chi connectivity index (χ1v) is 7.33. The van der Waals surface area contributed by atoms with E-state index in [-0.39, 0.29) is 0 Å². The lowest BCUT2D eigenvalue weighted by atomic mass is 10.1. The van der Waals surface area contributed by atoms with Crippen molar-refractivity contribution in [2.75, 3.05) is 0 Å². The summed E-state index contributed by atoms with van der Waals surface area (Å²) in [5.74, 6) is 0.527. The van der Waals surface area contributed by atoms with Crippen LogP contribution in [-0.4, -0.2) is 14.5 Å². The molecule has 0 bridgehead atoms. The average molecular weight is 302 g/mol. The van der Waals surface area contributed by atoms with E-state index in [1.165, 1.54) is 5.56 Å². The third-order valence-electron chi connectivity index (χ3n) is 3.84. The van der Waals surface area contributed by atoms with E-state index in [4.69, 9.17) is 23.8 Å². The van der Waals surface area contributed by atoms with Crippen molar-refractivity contribution in [1.29, 1.82) is 0 Å². The maximum atomic E-state index is 5.97. The molecule has 1 fully saturated rings. The number of nitrogens with zero attached hydrogens (tertiary/aromatic N) is 2. The average Bonchev–Trinajstić information content (AvgIpc) is 3.16. The number of aromatic amines is 1. The molecule has 1 saturated carbocycles. The number of imidazole rings is 1. The summed E-state index contributed by atoms with van der Waals surface area (Å²) in [5.41, 5.74) is 3.16. The highest BCUT2D eigenvalue weighted by atomic mass is 35.5. The highest BCUT2D eigenvalue weighted by Gasteiger charge is 2.41. The third-order valence-corrected chi connectivity index (χ3v) is 4.34. The van der Waals surface area contributed by atoms with E-state index in [0.717, 1.165) is 22.4 Å². The van der Waals surface area contributed by atoms with Crippen LogP contribution in [0, 0.1) is 4.77 Å². The molecule has 2 unspecified atom stereocenters. The van der Waals surface area contributed by atoms with E-state index in [0.29, 0.717) is 17.0 Å². The van der Waals surface area contributed by atoms with Gasteiger partial charge in [0.1, 0.15) is 0 Å². The first kappa shape index (κ1) is 12.1. The standard InChI is InChI=1S/C15H12ClN3S/c16-10-6-12-14(17-8-10)19(15(20)18-12)13-7-11(13)9-4-2-1-3-5-9/h1-6,8,11,13H,7H2,(H,18,20). The molecule has 4 rings (SSSR count). The summed E-state index contributed by atoms with van der Waals surface area (Å²) in [5, 5.41) is 0.622. The zero-order valence-corrected chi connectivity index (χ0v) is 12.2. The van der Waals surface area contributed by atoms with Gasteiger partial charge in [-0.3, -0.25) is 4.57 Å². The summed E-state index contributed by atoms with van der Waals surface area (Å²) in [4.78, 5) is 7.62. The van der Waals surface area contributed by atoms with Crippen LogP contribution in [-0.2, 0) is 0 Å². The van der Waals surface area contributed by atoms with Crippen molar-refractivity contribution >= 4 is 35.0 Å². The number of rotatable bonds is 2. The first-order chi connectivity index (χ1) is 9.74. The smallest absolute Gasteiger partial charge is 0.179 e. The Morgan fingerprint density at radius 1 is 1.30 bits per heavy atom. The summed E-state index contributed by atoms with van der Waals surface area (Å²) in [6.07, 6.45) is 2.78. The Labute approximate surface area is 126 Å². The van der Waals surface area contributed by atoms with Crippen molar-refractivity contribution in [3.63, 3.8) is 0 Å². The van der Waals surface area contributed by atoms with Gasteiger partial charge in [-0.15, -0.1) is 0 Å². The van der Waals surface area contributed by atoms with E-state index in [2.05, 4.69) is 38.8 Å². The second-order valence-corrected chi connectivity index (χ2v) is 5.97. The molecule has 1 N–H and O–H groups in total. The van der Waals surface area contributed by atoms with Gasteiger partial charge in [-0.25, -0.2) is 4.98 Å². The minimum atomic E-state index is 0.396. The van der Waals surface area contributed by atoms with Crippen molar-refractivity contribution < 1.29 is 0 Å². The Morgan fingerprint density at radius 3 is 2.90 bits per heavy atom. The third kappa shape index (κ3) is 1.87. The van der Waals surface area contributed by atoms with Crippen molar-refractivity contribution in [2.24, 2.45) is 0 Å². The zero-order chi connectivity index (χ0) is 13.7. The van der Waals surface area contributed by atoms with Gasteiger partial charge in [0.25, 0.3) is 0 Å². The lowest BCUT2D eigenvalue weighted by Gasteiger charge is -2.03. The van der Waals surface area contributed by atoms with Crippen LogP contribution in [0.5, 0.6) is 0 Å². The predicted octanol–water partition coefficient (Wildman–Crippen LogP) is 4.48. The van der Waals surface area contributed by atoms with Crippen LogP contribution in [0.3, 0.4) is 0 Å². The number of hydrogen-bond acceptors (Lipinski definition) is 2. The monoisotopic (exact) mass is 301 g/mol. The van der Waals surface area contributed by atoms with Gasteiger partial charge in [-0.05, 0) is 30.3 Å². The summed E-state index contributed by atoms with van der Waals surface area (Å²) < 4.78 is 2.84. The number of pyridine rings is 1. The minimum absolute atomic E-state index is 0.396. The van der Waals surface area contributed by atoms with Crippen LogP contribution in [0.2, 0.25) is 5.02 Å². The van der Waals surface area contributed by atoms with Gasteiger partial charge in [0.2, 0.25) is 0 Å². The number of nitrogens with one attached hydrogen (secondary N) is 1. The van der Waals surface area contributed by atoms with Gasteiger partial charge in [0.15, 0.2) is 10.4 Å². The predicted molar refractivity (Wildman–Crippen MR) is 82.8 cm³/mol. The fourth-order valence-electron chi connectivity index (χ4n) is 2.82. The van der Waals surface area contributed by atoms with Crippen LogP contribution in [0.15, 0.2) is 42.6 Å². The van der Waals surface area contributed by atoms with Gasteiger partial charge in [-0.2, -0.15) is 0 Å². The molecule has 0 spiro atoms. The van der Waals surface area contributed by atoms with Crippen LogP contribution in [0.4, 0.5) is 0 Å². The van der Waals surface area contributed by atoms with Gasteiger partial charge in [0, 0.05) is 18.2 Å². The van der Waals surface area contributed by atoms with Gasteiger partial charge >= 0.3 is 0 Å². The molecule has 2 aromatic heterocycles. The Balaban J connectivity index is 1.78. The number of halogens is 1. The number of benzene rings is 1. The van der Waals surface area contributed by atoms with E-state index in [1.807, 2.05) is 12.1 Å². The Bertz CT molecular complexity index is 837. The molecular formula is C15H12ClN3S. The Kier molecular flexibility index (Phi) is 2.69. The molecule has 3 nitrogen and oxygen atoms in total. The molecule has 3 aromatic rings. The largest absolute Gasteiger partial charge is 0.329 e. The van der Waals surface area contributed by atoms with Crippen molar-refractivity contribution in [3.8, 4) is 0 Å². The van der Waals surface area contributed by atoms with E-state index in [1.54, 1.807) is 6.20 Å². The summed E-state index contributed by atoms with van der Waals surface area (Å²) in [6.45, 7) is 0. The molecule has 2 atom stereocenters. The maximum Gasteiger partial charge on any atom is 0.179 e. The molecule has 0 amide bonds. The van der Waals surface area contributed by atoms with E-state index < -0.39 is 0 Å². The summed E-state index contributed by atoms with van der Waals surface area (Å²) in [6, 6.07) is 12.8. The number of H-pyrrole nitrogens is 1. The molecule has 0 saturated heterocycles. The molecule has 1 aliphatic carbocycles. The SMILES string of the molecule is S=c1[nH]c2cc(Cl)cnc2n1C1CC1c1ccccc1. The highest BCUT2D eigenvalue weighted by molar-refractivity contribution is 7.71. The lowest BCUT2D eigenvalue weighted by Crippen LogP contribution is -1.97. The summed E-state index contributed by atoms with van der Waals surface area (Å²) in [7, 11) is 0. The van der Waals surface area contributed by atoms with Crippen LogP contribution < -0.4 is 0 Å². The van der Waals surface area contributed by atoms with Crippen molar-refractivity contribution in [2.45, 2.75) is 18.4 Å². The molecule has 2 heterocycles. The highest BCUT2D eigenvalue weighted by Crippen LogP contribution is 2.52. The lowest BCUT2D eigenvalue weighted by molar-refractivity contribution is 0.721. The molecular weight excluding hydrogens is 290 g/mol. The Morgan fingerprint density at radius 2 is 2.10 bits per heavy atom. The quantitative estimate of drug-likeness (QED) is 0.708. The molecule has 20 heavy (non-hydrogen) atoms. The second kappa shape index (κ2) is 4.43. The van der Waals surface area contributed by atoms with Gasteiger partial charge in [-0.1, -0.05) is 41.9 Å². The molecule has 5 heteroatoms. The van der Waals surface area contributed by atoms with Crippen LogP contribution in [0.1, 0.15) is 23.9 Å². The van der Waals surface area contributed by atoms with Gasteiger partial charge < -0.3 is 4.98 Å². The number of hydrogen-bond donors (Lipinski definition) is 1. The zero-order valence-electron chi connectivity index (χ0n) is 10.6. The van der Waals surface area contributed by atoms with Crippen LogP contribution in [0.25, 0.3) is 11.2 Å². The van der Waals surface area contributed by atoms with Crippen molar-refractivity contribution in [1.82, 2.24) is 14.5 Å². The molecule has 0 aliphatic heterocycles. The normalized spacial score (nSPS) is 21.2. The van der Waals surface area contributed by atoms with Crippen LogP contribution >= 0.6 is 23.8 Å². The Hall–Kier alpha value is -1.65. The molecule has 1 aliphatic rings. The fraction of sp³-hybridized carbons (Fsp3) is 0.200. The maximum absolute atomic E-state index is 5.97. The van der Waals surface area contributed by atoms with Crippen molar-refractivity contribution in [3.05, 3.63) is 58.0 Å². The van der Waals surface area contributed by atoms with Gasteiger partial charge in [0.05, 0.1) is 10.5 Å². The van der Waals surface area contributed by atoms with E-state index >= 15 is 0 Å². The first-order valence-electron chi connectivity index (χ1n) is 6.55. The second-order valence-electron chi connectivity index (χ2n) is 5.15. The molecule has 100 valence electrons. The topological polar surface area (TPSA) is 33.6 Å². The fourth-order valence-corrected chi connectivity index (χ4v) is 3.31. The number of fused-ring (bicyclic) bond motifs is 1. The summed E-state index contributed by atoms with van der Waals surface area (Å²) >= 11 is 11.4. The van der Waals surface area contributed by atoms with E-state index in [9.17, 15) is 0 Å².